The van der Waals surface area contributed by atoms with Gasteiger partial charge < -0.3 is 61.7 Å². The van der Waals surface area contributed by atoms with Crippen LogP contribution < -0.4 is 0 Å². The topological polar surface area (TPSA) is 138 Å². The van der Waals surface area contributed by atoms with Gasteiger partial charge in [0, 0.05) is 58.9 Å². The van der Waals surface area contributed by atoms with E-state index in [2.05, 4.69) is 0 Å². The van der Waals surface area contributed by atoms with Crippen molar-refractivity contribution in [2.24, 2.45) is 0 Å². The Kier molecular flexibility index (Phi) is 5.47. The van der Waals surface area contributed by atoms with Gasteiger partial charge in [0.25, 0.3) is 0 Å². The van der Waals surface area contributed by atoms with Crippen molar-refractivity contribution in [1.82, 2.24) is 0 Å². The van der Waals surface area contributed by atoms with Crippen LogP contribution in [0.15, 0.2) is 0 Å². The smallest absolute Gasteiger partial charge is 0.376 e. The van der Waals surface area contributed by atoms with Crippen molar-refractivity contribution in [2.75, 3.05) is 0 Å². The molecule has 0 aromatic rings. The van der Waals surface area contributed by atoms with Crippen molar-refractivity contribution in [3.8, 4) is 0 Å². The molecule has 0 N–H and O–H groups in total. The first-order valence-corrected chi connectivity index (χ1v) is 32.2. The zero-order chi connectivity index (χ0) is 24.7. The van der Waals surface area contributed by atoms with E-state index in [1.54, 1.807) is 58.9 Å². The van der Waals surface area contributed by atoms with Gasteiger partial charge in [0.05, 0.1) is 0 Å². The van der Waals surface area contributed by atoms with Crippen LogP contribution in [0.3, 0.4) is 0 Å². The zero-order valence-corrected chi connectivity index (χ0v) is 30.4. The molecule has 7 aliphatic rings. The summed E-state index contributed by atoms with van der Waals surface area (Å²) in [7, 11) is -35.3. The number of hydrogen-bond donors (Lipinski definition) is 0. The molecule has 6 unspecified atom stereocenters. The Bertz CT molecular complexity index is 871. The third-order valence-electron chi connectivity index (χ3n) is 5.38. The van der Waals surface area contributed by atoms with E-state index in [4.69, 9.17) is 61.7 Å². The Morgan fingerprint density at radius 3 is 0.618 bits per heavy atom. The van der Waals surface area contributed by atoms with E-state index in [1.807, 2.05) is 0 Å². The molecular weight excluding hydrogens is 629 g/mol. The van der Waals surface area contributed by atoms with Crippen LogP contribution in [0.25, 0.3) is 0 Å². The molecule has 0 saturated carbocycles. The summed E-state index contributed by atoms with van der Waals surface area (Å²) in [5.41, 5.74) is 0. The highest BCUT2D eigenvalue weighted by Gasteiger charge is 2.77. The molecule has 25 heteroatoms. The third kappa shape index (κ3) is 4.54. The fraction of sp³-hybridized carbons (Fsp3) is 1.00. The van der Waals surface area contributed by atoms with Crippen molar-refractivity contribution in [3.05, 3.63) is 0 Å². The second-order valence-electron chi connectivity index (χ2n) is 9.63. The minimum Gasteiger partial charge on any atom is -0.376 e. The summed E-state index contributed by atoms with van der Waals surface area (Å²) in [6.45, 7) is 15.6. The zero-order valence-electron chi connectivity index (χ0n) is 20.2. The van der Waals surface area contributed by atoms with Gasteiger partial charge in [-0.1, -0.05) is 0 Å². The molecule has 7 rings (SSSR count). The van der Waals surface area contributed by atoms with Gasteiger partial charge in [0.2, 0.25) is 0 Å². The molecule has 7 fully saturated rings. The van der Waals surface area contributed by atoms with E-state index in [-0.39, 0.29) is 0 Å². The molecule has 0 amide bonds. The monoisotopic (exact) mass is 656 g/mol. The molecule has 0 aromatic heterocycles. The Morgan fingerprint density at radius 2 is 0.412 bits per heavy atom. The highest BCUT2D eigenvalue weighted by Crippen LogP contribution is 2.46. The first-order valence-electron chi connectivity index (χ1n) is 10.7. The van der Waals surface area contributed by atoms with Crippen molar-refractivity contribution in [1.29, 1.82) is 0 Å². The van der Waals surface area contributed by atoms with Gasteiger partial charge >= 0.3 is 88.8 Å². The van der Waals surface area contributed by atoms with Crippen LogP contribution in [0.4, 0.5) is 0 Å². The lowest BCUT2D eigenvalue weighted by Gasteiger charge is -2.59. The van der Waals surface area contributed by atoms with Gasteiger partial charge in [0.15, 0.2) is 0 Å². The van der Waals surface area contributed by atoms with Crippen LogP contribution in [0.5, 0.6) is 0 Å². The molecular formula is C9H28O15Si10. The normalized spacial score (nSPS) is 65.4. The Hall–Kier alpha value is 1.57. The molecule has 0 radical (unpaired) electrons. The van der Waals surface area contributed by atoms with Crippen molar-refractivity contribution < 1.29 is 61.7 Å². The van der Waals surface area contributed by atoms with Gasteiger partial charge in [-0.2, -0.15) is 0 Å². The summed E-state index contributed by atoms with van der Waals surface area (Å²) in [4.78, 5) is 0. The van der Waals surface area contributed by atoms with E-state index < -0.39 is 88.8 Å². The average Bonchev–Trinajstić information content (AvgIpc) is 2.41. The number of rotatable bonds is 0. The first-order chi connectivity index (χ1) is 15.3. The molecule has 7 aliphatic heterocycles. The van der Waals surface area contributed by atoms with Crippen molar-refractivity contribution in [3.63, 3.8) is 0 Å². The van der Waals surface area contributed by atoms with E-state index in [0.29, 0.717) is 0 Å². The maximum atomic E-state index is 6.58. The maximum Gasteiger partial charge on any atom is 0.475 e. The average molecular weight is 657 g/mol. The van der Waals surface area contributed by atoms with Crippen LogP contribution in [-0.2, 0) is 61.7 Å². The molecule has 7 saturated heterocycles. The highest BCUT2D eigenvalue weighted by molar-refractivity contribution is 7.01. The Morgan fingerprint density at radius 1 is 0.265 bits per heavy atom. The first kappa shape index (κ1) is 25.8. The molecule has 15 nitrogen and oxygen atoms in total. The van der Waals surface area contributed by atoms with Crippen LogP contribution in [-0.4, -0.2) is 88.8 Å². The standard InChI is InChI=1S/C9H28O15Si10/c1-26-10-25-11-27(2,13-26)15-30(5)19-32(7)17-28(3,12-25)16-31(6)18-29(4,14-26)20-33(8,21-30)24-34(9,22-31)23-32/h25H,1-9H3. The quantitative estimate of drug-likeness (QED) is 0.327. The minimum absolute atomic E-state index is 1.72. The fourth-order valence-corrected chi connectivity index (χ4v) is 58.7. The van der Waals surface area contributed by atoms with Crippen molar-refractivity contribution >= 4 is 88.8 Å². The summed E-state index contributed by atoms with van der Waals surface area (Å²) in [5, 5.41) is 0. The van der Waals surface area contributed by atoms with Gasteiger partial charge in [0.1, 0.15) is 0 Å². The molecule has 7 heterocycles. The summed E-state index contributed by atoms with van der Waals surface area (Å²) in [6.07, 6.45) is 0. The van der Waals surface area contributed by atoms with Crippen LogP contribution >= 0.6 is 0 Å². The summed E-state index contributed by atoms with van der Waals surface area (Å²) in [6, 6.07) is 0. The summed E-state index contributed by atoms with van der Waals surface area (Å²) >= 11 is 0. The second kappa shape index (κ2) is 7.20. The van der Waals surface area contributed by atoms with E-state index in [1.165, 1.54) is 0 Å². The summed E-state index contributed by atoms with van der Waals surface area (Å²) < 4.78 is 97.3. The largest absolute Gasteiger partial charge is 0.475 e. The lowest BCUT2D eigenvalue weighted by molar-refractivity contribution is -0.0109. The molecule has 0 aliphatic carbocycles. The predicted molar refractivity (Wildman–Crippen MR) is 128 cm³/mol. The van der Waals surface area contributed by atoms with Gasteiger partial charge in [-0.15, -0.1) is 0 Å². The van der Waals surface area contributed by atoms with Gasteiger partial charge in [-0.25, -0.2) is 0 Å². The van der Waals surface area contributed by atoms with Gasteiger partial charge in [-0.05, 0) is 0 Å². The SMILES string of the molecule is C[Si]12O[SiH]3O[Si](C)(O1)O[Si]1(C)O[Si]4(C)O[Si](C)(O3)O[Si]3(C)O[Si](C)(O2)O[Si](C)(O1)O[Si](C)(O3)O4. The van der Waals surface area contributed by atoms with Crippen LogP contribution in [0, 0.1) is 0 Å². The molecule has 194 valence electrons. The highest BCUT2D eigenvalue weighted by atomic mass is 28.6. The van der Waals surface area contributed by atoms with Gasteiger partial charge in [-0.3, -0.25) is 0 Å². The van der Waals surface area contributed by atoms with Crippen molar-refractivity contribution in [2.45, 2.75) is 58.9 Å². The van der Waals surface area contributed by atoms with Crippen LogP contribution in [0.1, 0.15) is 0 Å². The Balaban J connectivity index is 1.65. The lowest BCUT2D eigenvalue weighted by atomic mass is 11.9. The van der Waals surface area contributed by atoms with Crippen LogP contribution in [0.2, 0.25) is 58.9 Å². The minimum atomic E-state index is -3.67. The van der Waals surface area contributed by atoms with E-state index in [9.17, 15) is 0 Å². The molecule has 34 heavy (non-hydrogen) atoms. The molecule has 6 atom stereocenters. The lowest BCUT2D eigenvalue weighted by Crippen LogP contribution is -2.84. The fourth-order valence-electron chi connectivity index (χ4n) is 5.22. The Labute approximate surface area is 208 Å². The molecule has 0 spiro atoms. The van der Waals surface area contributed by atoms with E-state index >= 15 is 0 Å². The third-order valence-corrected chi connectivity index (χ3v) is 48.4. The molecule has 10 bridgehead atoms. The molecule has 0 aromatic carbocycles. The predicted octanol–water partition coefficient (Wildman–Crippen LogP) is 0.153. The maximum absolute atomic E-state index is 6.58. The second-order valence-corrected chi connectivity index (χ2v) is 38.4. The number of hydrogen-bond acceptors (Lipinski definition) is 15. The van der Waals surface area contributed by atoms with E-state index in [0.717, 1.165) is 0 Å². The summed E-state index contributed by atoms with van der Waals surface area (Å²) in [5.74, 6) is 0.